The monoisotopic (exact) mass is 338 g/mol. The molecule has 0 saturated heterocycles. The number of anilines is 1. The molecular weight excluding hydrogens is 319 g/mol. The van der Waals surface area contributed by atoms with Gasteiger partial charge in [0.2, 0.25) is 5.91 Å². The smallest absolute Gasteiger partial charge is 0.230 e. The molecular formula is C19H19FN4O. The van der Waals surface area contributed by atoms with Crippen molar-refractivity contribution in [3.05, 3.63) is 54.6 Å². The van der Waals surface area contributed by atoms with E-state index in [1.807, 2.05) is 32.9 Å². The molecule has 1 aromatic carbocycles. The highest BCUT2D eigenvalue weighted by Crippen LogP contribution is 2.36. The van der Waals surface area contributed by atoms with Crippen LogP contribution in [0.25, 0.3) is 22.4 Å². The van der Waals surface area contributed by atoms with E-state index >= 15 is 0 Å². The molecule has 1 amide bonds. The summed E-state index contributed by atoms with van der Waals surface area (Å²) < 4.78 is 13.2. The zero-order valence-electron chi connectivity index (χ0n) is 14.3. The van der Waals surface area contributed by atoms with Crippen molar-refractivity contribution in [2.75, 3.05) is 5.32 Å². The Hall–Kier alpha value is -3.02. The van der Waals surface area contributed by atoms with Crippen LogP contribution in [0.5, 0.6) is 0 Å². The van der Waals surface area contributed by atoms with Gasteiger partial charge in [0.25, 0.3) is 0 Å². The van der Waals surface area contributed by atoms with Gasteiger partial charge in [-0.3, -0.25) is 14.9 Å². The van der Waals surface area contributed by atoms with Gasteiger partial charge in [0, 0.05) is 23.4 Å². The van der Waals surface area contributed by atoms with Crippen molar-refractivity contribution < 1.29 is 9.18 Å². The van der Waals surface area contributed by atoms with Crippen molar-refractivity contribution in [3.8, 4) is 22.4 Å². The fraction of sp³-hybridized carbons (Fsp3) is 0.211. The third kappa shape index (κ3) is 3.57. The van der Waals surface area contributed by atoms with Crippen molar-refractivity contribution in [1.29, 1.82) is 0 Å². The van der Waals surface area contributed by atoms with Gasteiger partial charge >= 0.3 is 0 Å². The number of rotatable bonds is 3. The van der Waals surface area contributed by atoms with Gasteiger partial charge in [-0.1, -0.05) is 20.8 Å². The molecule has 2 aromatic heterocycles. The van der Waals surface area contributed by atoms with E-state index in [1.165, 1.54) is 12.1 Å². The first kappa shape index (κ1) is 16.8. The fourth-order valence-electron chi connectivity index (χ4n) is 2.35. The molecule has 0 aliphatic carbocycles. The van der Waals surface area contributed by atoms with Crippen LogP contribution >= 0.6 is 0 Å². The number of nitrogens with zero attached hydrogens (tertiary/aromatic N) is 2. The number of amides is 1. The maximum Gasteiger partial charge on any atom is 0.230 e. The van der Waals surface area contributed by atoms with E-state index in [0.29, 0.717) is 11.5 Å². The summed E-state index contributed by atoms with van der Waals surface area (Å²) in [5.74, 6) is -0.0135. The van der Waals surface area contributed by atoms with Crippen LogP contribution < -0.4 is 5.32 Å². The second-order valence-electron chi connectivity index (χ2n) is 6.77. The van der Waals surface area contributed by atoms with Crippen LogP contribution in [0.2, 0.25) is 0 Å². The summed E-state index contributed by atoms with van der Waals surface area (Å²) in [5, 5.41) is 10.1. The number of H-pyrrole nitrogens is 1. The predicted molar refractivity (Wildman–Crippen MR) is 95.3 cm³/mol. The number of aromatic amines is 1. The van der Waals surface area contributed by atoms with Gasteiger partial charge in [0.15, 0.2) is 5.82 Å². The zero-order chi connectivity index (χ0) is 18.0. The minimum Gasteiger partial charge on any atom is -0.308 e. The molecule has 0 aliphatic heterocycles. The number of carbonyl (C=O) groups excluding carboxylic acids is 1. The SMILES string of the molecule is CC(C)(C)C(=O)Nc1n[nH]c(-c2ccc(F)cc2)c1-c1ccncc1. The first-order chi connectivity index (χ1) is 11.9. The Morgan fingerprint density at radius 3 is 2.28 bits per heavy atom. The summed E-state index contributed by atoms with van der Waals surface area (Å²) in [7, 11) is 0. The molecule has 3 aromatic rings. The average Bonchev–Trinajstić information content (AvgIpc) is 2.99. The summed E-state index contributed by atoms with van der Waals surface area (Å²) in [5.41, 5.74) is 2.52. The van der Waals surface area contributed by atoms with E-state index in [0.717, 1.165) is 16.7 Å². The minimum absolute atomic E-state index is 0.139. The molecule has 0 fully saturated rings. The Labute approximate surface area is 145 Å². The van der Waals surface area contributed by atoms with Crippen LogP contribution in [0.3, 0.4) is 0 Å². The summed E-state index contributed by atoms with van der Waals surface area (Å²) in [4.78, 5) is 16.4. The highest BCUT2D eigenvalue weighted by Gasteiger charge is 2.25. The standard InChI is InChI=1S/C19H19FN4O/c1-19(2,3)18(25)22-17-15(12-8-10-21-11-9-12)16(23-24-17)13-4-6-14(20)7-5-13/h4-11H,1-3H3,(H2,22,23,24,25). The molecule has 0 spiro atoms. The number of aromatic nitrogens is 3. The predicted octanol–water partition coefficient (Wildman–Crippen LogP) is 4.26. The van der Waals surface area contributed by atoms with Crippen LogP contribution in [0, 0.1) is 11.2 Å². The molecule has 5 nitrogen and oxygen atoms in total. The number of halogens is 1. The van der Waals surface area contributed by atoms with E-state index in [1.54, 1.807) is 24.5 Å². The molecule has 128 valence electrons. The van der Waals surface area contributed by atoms with E-state index in [-0.39, 0.29) is 11.7 Å². The molecule has 0 atom stereocenters. The van der Waals surface area contributed by atoms with Gasteiger partial charge in [-0.15, -0.1) is 0 Å². The van der Waals surface area contributed by atoms with Crippen molar-refractivity contribution in [2.24, 2.45) is 5.41 Å². The van der Waals surface area contributed by atoms with Gasteiger partial charge in [-0.05, 0) is 42.0 Å². The number of hydrogen-bond donors (Lipinski definition) is 2. The maximum atomic E-state index is 13.2. The maximum absolute atomic E-state index is 13.2. The third-order valence-electron chi connectivity index (χ3n) is 3.78. The third-order valence-corrected chi connectivity index (χ3v) is 3.78. The van der Waals surface area contributed by atoms with Crippen molar-refractivity contribution in [1.82, 2.24) is 15.2 Å². The lowest BCUT2D eigenvalue weighted by molar-refractivity contribution is -0.123. The molecule has 0 radical (unpaired) electrons. The van der Waals surface area contributed by atoms with Crippen LogP contribution in [0.4, 0.5) is 10.2 Å². The topological polar surface area (TPSA) is 70.7 Å². The van der Waals surface area contributed by atoms with Gasteiger partial charge < -0.3 is 5.32 Å². The number of benzene rings is 1. The van der Waals surface area contributed by atoms with Crippen molar-refractivity contribution in [2.45, 2.75) is 20.8 Å². The van der Waals surface area contributed by atoms with Gasteiger partial charge in [-0.25, -0.2) is 4.39 Å². The van der Waals surface area contributed by atoms with Crippen molar-refractivity contribution >= 4 is 11.7 Å². The minimum atomic E-state index is -0.551. The van der Waals surface area contributed by atoms with E-state index in [4.69, 9.17) is 0 Å². The lowest BCUT2D eigenvalue weighted by Gasteiger charge is -2.17. The second kappa shape index (κ2) is 6.47. The van der Waals surface area contributed by atoms with Gasteiger partial charge in [0.1, 0.15) is 5.82 Å². The van der Waals surface area contributed by atoms with Gasteiger partial charge in [0.05, 0.1) is 11.3 Å². The number of nitrogens with one attached hydrogen (secondary N) is 2. The normalized spacial score (nSPS) is 11.4. The second-order valence-corrected chi connectivity index (χ2v) is 6.77. The van der Waals surface area contributed by atoms with Crippen molar-refractivity contribution in [3.63, 3.8) is 0 Å². The van der Waals surface area contributed by atoms with Crippen LogP contribution in [0.15, 0.2) is 48.8 Å². The Morgan fingerprint density at radius 1 is 1.04 bits per heavy atom. The Kier molecular flexibility index (Phi) is 4.35. The Bertz CT molecular complexity index is 880. The quantitative estimate of drug-likeness (QED) is 0.749. The largest absolute Gasteiger partial charge is 0.308 e. The lowest BCUT2D eigenvalue weighted by atomic mass is 9.95. The highest BCUT2D eigenvalue weighted by molar-refractivity contribution is 5.99. The average molecular weight is 338 g/mol. The van der Waals surface area contributed by atoms with Gasteiger partial charge in [-0.2, -0.15) is 5.10 Å². The first-order valence-electron chi connectivity index (χ1n) is 7.92. The molecule has 0 unspecified atom stereocenters. The fourth-order valence-corrected chi connectivity index (χ4v) is 2.35. The van der Waals surface area contributed by atoms with Crippen LogP contribution in [-0.4, -0.2) is 21.1 Å². The molecule has 0 bridgehead atoms. The van der Waals surface area contributed by atoms with E-state index in [2.05, 4.69) is 20.5 Å². The highest BCUT2D eigenvalue weighted by atomic mass is 19.1. The summed E-state index contributed by atoms with van der Waals surface area (Å²) in [6.07, 6.45) is 3.35. The molecule has 2 heterocycles. The zero-order valence-corrected chi connectivity index (χ0v) is 14.3. The number of hydrogen-bond acceptors (Lipinski definition) is 3. The Morgan fingerprint density at radius 2 is 1.68 bits per heavy atom. The summed E-state index contributed by atoms with van der Waals surface area (Å²) in [6.45, 7) is 5.51. The molecule has 3 rings (SSSR count). The molecule has 0 aliphatic rings. The van der Waals surface area contributed by atoms with E-state index < -0.39 is 5.41 Å². The molecule has 0 saturated carbocycles. The Balaban J connectivity index is 2.11. The number of pyridine rings is 1. The molecule has 6 heteroatoms. The summed E-state index contributed by atoms with van der Waals surface area (Å²) in [6, 6.07) is 9.79. The lowest BCUT2D eigenvalue weighted by Crippen LogP contribution is -2.28. The van der Waals surface area contributed by atoms with Crippen LogP contribution in [-0.2, 0) is 4.79 Å². The van der Waals surface area contributed by atoms with E-state index in [9.17, 15) is 9.18 Å². The molecule has 25 heavy (non-hydrogen) atoms. The summed E-state index contributed by atoms with van der Waals surface area (Å²) >= 11 is 0. The van der Waals surface area contributed by atoms with Crippen LogP contribution in [0.1, 0.15) is 20.8 Å². The molecule has 2 N–H and O–H groups in total. The number of carbonyl (C=O) groups is 1. The first-order valence-corrected chi connectivity index (χ1v) is 7.92.